The van der Waals surface area contributed by atoms with Gasteiger partial charge in [-0.25, -0.2) is 4.79 Å². The lowest BCUT2D eigenvalue weighted by Gasteiger charge is -2.41. The smallest absolute Gasteiger partial charge is 0.407 e. The maximum Gasteiger partial charge on any atom is 0.407 e. The highest BCUT2D eigenvalue weighted by molar-refractivity contribution is 5.86. The van der Waals surface area contributed by atoms with Crippen LogP contribution >= 0.6 is 0 Å². The van der Waals surface area contributed by atoms with E-state index in [0.29, 0.717) is 19.5 Å². The van der Waals surface area contributed by atoms with Crippen LogP contribution < -0.4 is 5.32 Å². The highest BCUT2D eigenvalue weighted by Gasteiger charge is 2.37. The Bertz CT molecular complexity index is 738. The summed E-state index contributed by atoms with van der Waals surface area (Å²) >= 11 is 0. The third kappa shape index (κ3) is 3.81. The molecule has 1 unspecified atom stereocenters. The number of alkyl carbamates (subject to hydrolysis) is 1. The maximum absolute atomic E-state index is 12.8. The van der Waals surface area contributed by atoms with Crippen LogP contribution in [0.25, 0.3) is 0 Å². The first-order valence-electron chi connectivity index (χ1n) is 8.23. The number of hydrogen-bond acceptors (Lipinski definition) is 4. The third-order valence-corrected chi connectivity index (χ3v) is 4.53. The first-order chi connectivity index (χ1) is 12.1. The van der Waals surface area contributed by atoms with Crippen LogP contribution in [0.3, 0.4) is 0 Å². The molecule has 0 radical (unpaired) electrons. The lowest BCUT2D eigenvalue weighted by atomic mass is 9.94. The fraction of sp³-hybridized carbons (Fsp3) is 0.389. The average molecular weight is 342 g/mol. The molecule has 1 fully saturated rings. The molecule has 7 nitrogen and oxygen atoms in total. The number of carbonyl (C=O) groups is 2. The molecule has 1 aromatic heterocycles. The molecule has 1 aromatic carbocycles. The number of nitrogens with one attached hydrogen (secondary N) is 1. The van der Waals surface area contributed by atoms with Gasteiger partial charge in [0.2, 0.25) is 5.91 Å². The Morgan fingerprint density at radius 2 is 2.00 bits per heavy atom. The summed E-state index contributed by atoms with van der Waals surface area (Å²) in [6, 6.07) is 11.0. The molecule has 0 aliphatic carbocycles. The predicted molar refractivity (Wildman–Crippen MR) is 92.0 cm³/mol. The minimum atomic E-state index is -0.637. The van der Waals surface area contributed by atoms with Gasteiger partial charge in [-0.2, -0.15) is 5.10 Å². The van der Waals surface area contributed by atoms with E-state index in [1.807, 2.05) is 48.1 Å². The Labute approximate surface area is 146 Å². The van der Waals surface area contributed by atoms with Gasteiger partial charge in [-0.15, -0.1) is 0 Å². The second-order valence-electron chi connectivity index (χ2n) is 6.20. The molecule has 2 heterocycles. The molecule has 2 aromatic rings. The summed E-state index contributed by atoms with van der Waals surface area (Å²) in [5, 5.41) is 6.83. The number of hydrogen-bond donors (Lipinski definition) is 1. The lowest BCUT2D eigenvalue weighted by molar-refractivity contribution is -0.137. The number of amides is 2. The van der Waals surface area contributed by atoms with E-state index in [1.54, 1.807) is 11.1 Å². The van der Waals surface area contributed by atoms with E-state index in [-0.39, 0.29) is 11.8 Å². The van der Waals surface area contributed by atoms with Gasteiger partial charge in [0.15, 0.2) is 0 Å². The largest absolute Gasteiger partial charge is 0.453 e. The van der Waals surface area contributed by atoms with Gasteiger partial charge < -0.3 is 15.0 Å². The molecule has 0 bridgehead atoms. The summed E-state index contributed by atoms with van der Waals surface area (Å²) in [4.78, 5) is 26.2. The fourth-order valence-corrected chi connectivity index (χ4v) is 3.10. The molecule has 1 aliphatic heterocycles. The van der Waals surface area contributed by atoms with Crippen molar-refractivity contribution in [3.8, 4) is 0 Å². The van der Waals surface area contributed by atoms with Crippen LogP contribution in [-0.4, -0.2) is 52.9 Å². The van der Waals surface area contributed by atoms with Gasteiger partial charge in [-0.05, 0) is 11.6 Å². The Kier molecular flexibility index (Phi) is 5.02. The standard InChI is InChI=1S/C18H22N4O3/c1-21-16(8-9-19-21)14-11-22(12-14)17(23)15(20-18(24)25-2)10-13-6-4-3-5-7-13/h3-9,14-15H,10-12H2,1-2H3,(H,20,24). The second kappa shape index (κ2) is 7.38. The van der Waals surface area contributed by atoms with Crippen molar-refractivity contribution in [1.82, 2.24) is 20.0 Å². The number of ether oxygens (including phenoxy) is 1. The van der Waals surface area contributed by atoms with Gasteiger partial charge in [-0.1, -0.05) is 30.3 Å². The second-order valence-corrected chi connectivity index (χ2v) is 6.20. The van der Waals surface area contributed by atoms with Crippen molar-refractivity contribution in [2.24, 2.45) is 7.05 Å². The number of rotatable bonds is 5. The van der Waals surface area contributed by atoms with E-state index in [2.05, 4.69) is 15.2 Å². The SMILES string of the molecule is COC(=O)NC(Cc1ccccc1)C(=O)N1CC(c2ccnn2C)C1. The van der Waals surface area contributed by atoms with Gasteiger partial charge in [0.1, 0.15) is 6.04 Å². The highest BCUT2D eigenvalue weighted by Crippen LogP contribution is 2.27. The summed E-state index contributed by atoms with van der Waals surface area (Å²) in [6.45, 7) is 1.26. The van der Waals surface area contributed by atoms with Crippen molar-refractivity contribution in [3.63, 3.8) is 0 Å². The van der Waals surface area contributed by atoms with E-state index < -0.39 is 12.1 Å². The van der Waals surface area contributed by atoms with Crippen molar-refractivity contribution in [2.75, 3.05) is 20.2 Å². The first-order valence-corrected chi connectivity index (χ1v) is 8.23. The molecular formula is C18H22N4O3. The van der Waals surface area contributed by atoms with Gasteiger partial charge in [0.05, 0.1) is 7.11 Å². The van der Waals surface area contributed by atoms with Crippen molar-refractivity contribution < 1.29 is 14.3 Å². The number of aryl methyl sites for hydroxylation is 1. The van der Waals surface area contributed by atoms with Crippen molar-refractivity contribution in [1.29, 1.82) is 0 Å². The number of aromatic nitrogens is 2. The number of methoxy groups -OCH3 is 1. The van der Waals surface area contributed by atoms with Crippen LogP contribution in [0.1, 0.15) is 17.2 Å². The Hall–Kier alpha value is -2.83. The third-order valence-electron chi connectivity index (χ3n) is 4.53. The summed E-state index contributed by atoms with van der Waals surface area (Å²) in [7, 11) is 3.19. The molecule has 1 atom stereocenters. The first kappa shape index (κ1) is 17.0. The summed E-state index contributed by atoms with van der Waals surface area (Å²) < 4.78 is 6.50. The molecule has 1 aliphatic rings. The quantitative estimate of drug-likeness (QED) is 0.889. The molecule has 2 amide bonds. The van der Waals surface area contributed by atoms with Gasteiger partial charge >= 0.3 is 6.09 Å². The zero-order valence-electron chi connectivity index (χ0n) is 14.4. The van der Waals surface area contributed by atoms with Crippen LogP contribution in [-0.2, 0) is 23.0 Å². The molecule has 132 valence electrons. The molecule has 3 rings (SSSR count). The van der Waals surface area contributed by atoms with E-state index in [4.69, 9.17) is 0 Å². The van der Waals surface area contributed by atoms with Gasteiger partial charge in [-0.3, -0.25) is 9.48 Å². The number of nitrogens with zero attached hydrogens (tertiary/aromatic N) is 3. The topological polar surface area (TPSA) is 76.5 Å². The zero-order chi connectivity index (χ0) is 17.8. The minimum absolute atomic E-state index is 0.0901. The maximum atomic E-state index is 12.8. The normalized spacial score (nSPS) is 15.4. The van der Waals surface area contributed by atoms with Crippen LogP contribution in [0, 0.1) is 0 Å². The van der Waals surface area contributed by atoms with Crippen LogP contribution in [0.2, 0.25) is 0 Å². The van der Waals surface area contributed by atoms with Crippen molar-refractivity contribution in [2.45, 2.75) is 18.4 Å². The van der Waals surface area contributed by atoms with E-state index in [9.17, 15) is 9.59 Å². The van der Waals surface area contributed by atoms with Crippen LogP contribution in [0.5, 0.6) is 0 Å². The van der Waals surface area contributed by atoms with Gasteiger partial charge in [0, 0.05) is 44.4 Å². The molecule has 0 spiro atoms. The summed E-state index contributed by atoms with van der Waals surface area (Å²) in [5.74, 6) is 0.194. The summed E-state index contributed by atoms with van der Waals surface area (Å²) in [5.41, 5.74) is 2.10. The number of likely N-dealkylation sites (tertiary alicyclic amines) is 1. The highest BCUT2D eigenvalue weighted by atomic mass is 16.5. The Morgan fingerprint density at radius 1 is 1.28 bits per heavy atom. The van der Waals surface area contributed by atoms with Gasteiger partial charge in [0.25, 0.3) is 0 Å². The summed E-state index contributed by atoms with van der Waals surface area (Å²) in [6.07, 6.45) is 1.59. The molecular weight excluding hydrogens is 320 g/mol. The number of benzene rings is 1. The monoisotopic (exact) mass is 342 g/mol. The molecule has 25 heavy (non-hydrogen) atoms. The minimum Gasteiger partial charge on any atom is -0.453 e. The Morgan fingerprint density at radius 3 is 2.60 bits per heavy atom. The van der Waals surface area contributed by atoms with Crippen LogP contribution in [0.4, 0.5) is 4.79 Å². The lowest BCUT2D eigenvalue weighted by Crippen LogP contribution is -2.57. The number of carbonyl (C=O) groups excluding carboxylic acids is 2. The molecule has 0 saturated carbocycles. The van der Waals surface area contributed by atoms with Crippen molar-refractivity contribution in [3.05, 3.63) is 53.9 Å². The predicted octanol–water partition coefficient (Wildman–Crippen LogP) is 1.31. The molecule has 7 heteroatoms. The average Bonchev–Trinajstić information content (AvgIpc) is 2.99. The van der Waals surface area contributed by atoms with E-state index in [1.165, 1.54) is 7.11 Å². The Balaban J connectivity index is 1.65. The van der Waals surface area contributed by atoms with E-state index in [0.717, 1.165) is 11.3 Å². The van der Waals surface area contributed by atoms with Crippen LogP contribution in [0.15, 0.2) is 42.6 Å². The molecule has 1 N–H and O–H groups in total. The zero-order valence-corrected chi connectivity index (χ0v) is 14.4. The fourth-order valence-electron chi connectivity index (χ4n) is 3.10. The van der Waals surface area contributed by atoms with Crippen molar-refractivity contribution >= 4 is 12.0 Å². The van der Waals surface area contributed by atoms with E-state index >= 15 is 0 Å². The molecule has 1 saturated heterocycles.